The number of ketones is 2. The Morgan fingerprint density at radius 1 is 1.06 bits per heavy atom. The van der Waals surface area contributed by atoms with Crippen molar-refractivity contribution in [3.8, 4) is 0 Å². The second-order valence-corrected chi connectivity index (χ2v) is 10.8. The molecule has 3 aromatic heterocycles. The number of aromatic nitrogens is 2. The van der Waals surface area contributed by atoms with Crippen LogP contribution in [0.5, 0.6) is 0 Å². The molecule has 2 bridgehead atoms. The van der Waals surface area contributed by atoms with Crippen molar-refractivity contribution >= 4 is 33.4 Å². The first-order valence-corrected chi connectivity index (χ1v) is 11.9. The largest absolute Gasteiger partial charge is 0.459 e. The molecule has 5 heteroatoms. The average Bonchev–Trinajstić information content (AvgIpc) is 3.19. The number of hydrogen-bond acceptors (Lipinski definition) is 4. The Hall–Kier alpha value is -3.21. The Bertz CT molecular complexity index is 1420. The van der Waals surface area contributed by atoms with Gasteiger partial charge in [0.1, 0.15) is 17.1 Å². The maximum Gasteiger partial charge on any atom is 0.167 e. The molecule has 0 atom stereocenters. The molecule has 4 aliphatic carbocycles. The van der Waals surface area contributed by atoms with E-state index in [1.807, 2.05) is 42.7 Å². The van der Waals surface area contributed by atoms with Crippen LogP contribution in [0.4, 0.5) is 0 Å². The van der Waals surface area contributed by atoms with Gasteiger partial charge in [-0.05, 0) is 68.1 Å². The summed E-state index contributed by atoms with van der Waals surface area (Å²) in [6, 6.07) is 12.1. The number of Topliss-reactive ketones (excluding diaryl/α,β-unsaturated/α-hetero) is 2. The molecule has 0 saturated heterocycles. The molecule has 33 heavy (non-hydrogen) atoms. The predicted octanol–water partition coefficient (Wildman–Crippen LogP) is 5.94. The lowest BCUT2D eigenvalue weighted by Crippen LogP contribution is -2.68. The van der Waals surface area contributed by atoms with Gasteiger partial charge in [-0.15, -0.1) is 0 Å². The maximum atomic E-state index is 13.6. The van der Waals surface area contributed by atoms with Gasteiger partial charge in [0, 0.05) is 41.2 Å². The number of rotatable bonds is 7. The lowest BCUT2D eigenvalue weighted by molar-refractivity contribution is -0.233. The van der Waals surface area contributed by atoms with E-state index in [1.54, 1.807) is 13.1 Å². The molecule has 166 valence electrons. The summed E-state index contributed by atoms with van der Waals surface area (Å²) in [7, 11) is 0. The van der Waals surface area contributed by atoms with E-state index in [0.29, 0.717) is 24.3 Å². The summed E-state index contributed by atoms with van der Waals surface area (Å²) < 4.78 is 8.14. The third-order valence-electron chi connectivity index (χ3n) is 9.02. The second kappa shape index (κ2) is 6.22. The first-order chi connectivity index (χ1) is 15.9. The molecule has 4 aromatic rings. The van der Waals surface area contributed by atoms with Gasteiger partial charge in [0.15, 0.2) is 5.78 Å². The molecule has 5 nitrogen and oxygen atoms in total. The molecule has 4 fully saturated rings. The Morgan fingerprint density at radius 2 is 1.85 bits per heavy atom. The second-order valence-electron chi connectivity index (χ2n) is 10.8. The number of carbonyl (C=O) groups is 2. The lowest BCUT2D eigenvalue weighted by Gasteiger charge is -2.73. The molecule has 0 amide bonds. The number of para-hydroxylation sites is 1. The zero-order valence-electron chi connectivity index (χ0n) is 18.8. The highest BCUT2D eigenvalue weighted by atomic mass is 16.3. The zero-order valence-corrected chi connectivity index (χ0v) is 18.8. The standard InChI is InChI=1S/C28H26N2O3/c1-18(31)26-15-28(16-26,17-26)27(7-8-27)11-23(32)22-13-29-12-20-6-9-30(25(20)22)14-21-10-19-4-2-3-5-24(19)33-21/h2-6,9-10,12-13H,7-8,11,14-17H2,1H3. The van der Waals surface area contributed by atoms with E-state index in [0.717, 1.165) is 59.7 Å². The van der Waals surface area contributed by atoms with Gasteiger partial charge in [0.05, 0.1) is 17.6 Å². The SMILES string of the molecule is CC(=O)C12CC(C3(CC(=O)c4cncc5ccn(Cc6cc7ccccc7o6)c45)CC3)(C1)C2. The normalized spacial score (nSPS) is 26.7. The van der Waals surface area contributed by atoms with Crippen molar-refractivity contribution in [2.75, 3.05) is 0 Å². The quantitative estimate of drug-likeness (QED) is 0.335. The topological polar surface area (TPSA) is 65.1 Å². The maximum absolute atomic E-state index is 13.6. The summed E-state index contributed by atoms with van der Waals surface area (Å²) in [4.78, 5) is 30.0. The number of hydrogen-bond donors (Lipinski definition) is 0. The minimum Gasteiger partial charge on any atom is -0.459 e. The molecule has 3 heterocycles. The van der Waals surface area contributed by atoms with Crippen molar-refractivity contribution in [3.05, 3.63) is 66.3 Å². The lowest BCUT2D eigenvalue weighted by atomic mass is 9.30. The van der Waals surface area contributed by atoms with Crippen molar-refractivity contribution in [1.82, 2.24) is 9.55 Å². The Balaban J connectivity index is 1.18. The van der Waals surface area contributed by atoms with Crippen molar-refractivity contribution in [1.29, 1.82) is 0 Å². The van der Waals surface area contributed by atoms with Gasteiger partial charge in [-0.25, -0.2) is 0 Å². The third-order valence-corrected chi connectivity index (χ3v) is 9.02. The molecule has 1 aromatic carbocycles. The van der Waals surface area contributed by atoms with Gasteiger partial charge in [-0.3, -0.25) is 14.6 Å². The number of pyridine rings is 1. The van der Waals surface area contributed by atoms with Crippen LogP contribution >= 0.6 is 0 Å². The van der Waals surface area contributed by atoms with E-state index in [4.69, 9.17) is 4.42 Å². The van der Waals surface area contributed by atoms with Gasteiger partial charge in [-0.2, -0.15) is 0 Å². The van der Waals surface area contributed by atoms with E-state index in [1.165, 1.54) is 0 Å². The molecule has 0 radical (unpaired) electrons. The van der Waals surface area contributed by atoms with Crippen molar-refractivity contribution in [3.63, 3.8) is 0 Å². The van der Waals surface area contributed by atoms with Gasteiger partial charge in [0.2, 0.25) is 0 Å². The zero-order chi connectivity index (χ0) is 22.4. The summed E-state index contributed by atoms with van der Waals surface area (Å²) in [5.41, 5.74) is 2.78. The molecule has 0 spiro atoms. The fourth-order valence-electron chi connectivity index (χ4n) is 6.95. The molecule has 4 aliphatic rings. The molecule has 8 rings (SSSR count). The van der Waals surface area contributed by atoms with Crippen molar-refractivity contribution in [2.45, 2.75) is 52.0 Å². The van der Waals surface area contributed by atoms with Crippen LogP contribution in [0.2, 0.25) is 0 Å². The predicted molar refractivity (Wildman–Crippen MR) is 125 cm³/mol. The number of carbonyl (C=O) groups excluding carboxylic acids is 2. The van der Waals surface area contributed by atoms with E-state index >= 15 is 0 Å². The molecule has 4 saturated carbocycles. The molecular weight excluding hydrogens is 412 g/mol. The molecule has 0 unspecified atom stereocenters. The smallest absolute Gasteiger partial charge is 0.167 e. The van der Waals surface area contributed by atoms with Crippen molar-refractivity contribution < 1.29 is 14.0 Å². The Kier molecular flexibility index (Phi) is 3.63. The average molecular weight is 439 g/mol. The summed E-state index contributed by atoms with van der Waals surface area (Å²) in [6.07, 6.45) is 11.3. The first-order valence-electron chi connectivity index (χ1n) is 11.9. The highest BCUT2D eigenvalue weighted by molar-refractivity contribution is 6.07. The monoisotopic (exact) mass is 438 g/mol. The number of fused-ring (bicyclic) bond motifs is 2. The summed E-state index contributed by atoms with van der Waals surface area (Å²) >= 11 is 0. The minimum atomic E-state index is -0.0541. The Labute approximate surface area is 191 Å². The summed E-state index contributed by atoms with van der Waals surface area (Å²) in [6.45, 7) is 2.30. The van der Waals surface area contributed by atoms with E-state index < -0.39 is 0 Å². The number of nitrogens with zero attached hydrogens (tertiary/aromatic N) is 2. The molecule has 0 N–H and O–H groups in total. The summed E-state index contributed by atoms with van der Waals surface area (Å²) in [5, 5.41) is 2.06. The molecule has 0 aliphatic heterocycles. The highest BCUT2D eigenvalue weighted by Crippen LogP contribution is 2.85. The fourth-order valence-corrected chi connectivity index (χ4v) is 6.95. The number of benzene rings is 1. The van der Waals surface area contributed by atoms with Crippen molar-refractivity contribution in [2.24, 2.45) is 16.2 Å². The van der Waals surface area contributed by atoms with E-state index in [2.05, 4.69) is 15.6 Å². The third kappa shape index (κ3) is 2.56. The fraction of sp³-hybridized carbons (Fsp3) is 0.393. The van der Waals surface area contributed by atoms with Crippen LogP contribution in [0, 0.1) is 16.2 Å². The van der Waals surface area contributed by atoms with Crippen LogP contribution in [0.3, 0.4) is 0 Å². The van der Waals surface area contributed by atoms with Gasteiger partial charge in [0.25, 0.3) is 0 Å². The van der Waals surface area contributed by atoms with Crippen LogP contribution in [-0.4, -0.2) is 21.1 Å². The summed E-state index contributed by atoms with van der Waals surface area (Å²) in [5.74, 6) is 1.38. The van der Waals surface area contributed by atoms with Crippen LogP contribution < -0.4 is 0 Å². The van der Waals surface area contributed by atoms with E-state index in [-0.39, 0.29) is 22.0 Å². The minimum absolute atomic E-state index is 0.0541. The number of furan rings is 1. The van der Waals surface area contributed by atoms with Gasteiger partial charge in [-0.1, -0.05) is 18.2 Å². The first kappa shape index (κ1) is 19.3. The van der Waals surface area contributed by atoms with Crippen LogP contribution in [-0.2, 0) is 11.3 Å². The van der Waals surface area contributed by atoms with Gasteiger partial charge >= 0.3 is 0 Å². The van der Waals surface area contributed by atoms with Crippen LogP contribution in [0.15, 0.2) is 59.4 Å². The molecular formula is C28H26N2O3. The van der Waals surface area contributed by atoms with Gasteiger partial charge < -0.3 is 8.98 Å². The highest BCUT2D eigenvalue weighted by Gasteiger charge is 2.79. The van der Waals surface area contributed by atoms with E-state index in [9.17, 15) is 9.59 Å². The van der Waals surface area contributed by atoms with Crippen LogP contribution in [0.1, 0.15) is 61.6 Å². The Morgan fingerprint density at radius 3 is 2.58 bits per heavy atom. The van der Waals surface area contributed by atoms with Crippen LogP contribution in [0.25, 0.3) is 21.9 Å².